The summed E-state index contributed by atoms with van der Waals surface area (Å²) in [7, 11) is 0. The van der Waals surface area contributed by atoms with Crippen molar-refractivity contribution in [3.63, 3.8) is 0 Å². The average Bonchev–Trinajstić information content (AvgIpc) is 3.25. The molecular weight excluding hydrogens is 298 g/mol. The molecule has 3 nitrogen and oxygen atoms in total. The highest BCUT2D eigenvalue weighted by molar-refractivity contribution is 5.79. The summed E-state index contributed by atoms with van der Waals surface area (Å²) in [6.07, 6.45) is 7.74. The second kappa shape index (κ2) is 6.36. The molecule has 0 radical (unpaired) electrons. The zero-order valence-electron chi connectivity index (χ0n) is 13.3. The highest BCUT2D eigenvalue weighted by atomic mass is 16.5. The van der Waals surface area contributed by atoms with Crippen LogP contribution in [-0.4, -0.2) is 19.2 Å². The van der Waals surface area contributed by atoms with E-state index in [1.807, 2.05) is 36.4 Å². The predicted molar refractivity (Wildman–Crippen MR) is 94.8 cm³/mol. The molecule has 4 rings (SSSR count). The number of carbonyl (C=O) groups is 1. The molecule has 3 heteroatoms. The monoisotopic (exact) mass is 317 g/mol. The van der Waals surface area contributed by atoms with E-state index in [1.165, 1.54) is 22.3 Å². The SMILES string of the molecule is O=C(NCC1C=CC=C1)OCC1c2ccccc2-c2ccccc21. The Bertz CT molecular complexity index is 765. The third-order valence-electron chi connectivity index (χ3n) is 4.65. The Kier molecular flexibility index (Phi) is 3.91. The molecule has 2 aromatic rings. The van der Waals surface area contributed by atoms with E-state index in [0.717, 1.165) is 0 Å². The first-order valence-electron chi connectivity index (χ1n) is 8.27. The highest BCUT2D eigenvalue weighted by Gasteiger charge is 2.28. The van der Waals surface area contributed by atoms with Gasteiger partial charge in [-0.1, -0.05) is 72.8 Å². The molecule has 0 spiro atoms. The summed E-state index contributed by atoms with van der Waals surface area (Å²) in [4.78, 5) is 12.0. The molecule has 0 saturated carbocycles. The Hall–Kier alpha value is -2.81. The number of allylic oxidation sites excluding steroid dienone is 2. The van der Waals surface area contributed by atoms with Gasteiger partial charge < -0.3 is 10.1 Å². The number of alkyl carbamates (subject to hydrolysis) is 1. The molecular formula is C21H19NO2. The van der Waals surface area contributed by atoms with Crippen molar-refractivity contribution in [1.82, 2.24) is 5.32 Å². The quantitative estimate of drug-likeness (QED) is 0.914. The molecule has 0 atom stereocenters. The standard InChI is InChI=1S/C21H19NO2/c23-21(22-13-15-7-1-2-8-15)24-14-20-18-11-5-3-9-16(18)17-10-4-6-12-19(17)20/h1-12,15,20H,13-14H2,(H,22,23). The van der Waals surface area contributed by atoms with Gasteiger partial charge >= 0.3 is 6.09 Å². The van der Waals surface area contributed by atoms with Crippen molar-refractivity contribution in [3.05, 3.63) is 84.0 Å². The first-order chi connectivity index (χ1) is 11.8. The van der Waals surface area contributed by atoms with E-state index in [1.54, 1.807) is 0 Å². The molecule has 0 unspecified atom stereocenters. The molecule has 24 heavy (non-hydrogen) atoms. The van der Waals surface area contributed by atoms with Crippen molar-refractivity contribution in [3.8, 4) is 11.1 Å². The number of hydrogen-bond acceptors (Lipinski definition) is 2. The van der Waals surface area contributed by atoms with Gasteiger partial charge in [-0.25, -0.2) is 4.79 Å². The van der Waals surface area contributed by atoms with Gasteiger partial charge in [-0.05, 0) is 22.3 Å². The lowest BCUT2D eigenvalue weighted by Gasteiger charge is -2.15. The normalized spacial score (nSPS) is 15.3. The molecule has 120 valence electrons. The second-order valence-corrected chi connectivity index (χ2v) is 6.14. The molecule has 0 saturated heterocycles. The number of benzene rings is 2. The predicted octanol–water partition coefficient (Wildman–Crippen LogP) is 4.27. The van der Waals surface area contributed by atoms with Crippen LogP contribution in [0.2, 0.25) is 0 Å². The van der Waals surface area contributed by atoms with Crippen LogP contribution in [0.3, 0.4) is 0 Å². The lowest BCUT2D eigenvalue weighted by Crippen LogP contribution is -2.29. The topological polar surface area (TPSA) is 38.3 Å². The lowest BCUT2D eigenvalue weighted by molar-refractivity contribution is 0.142. The van der Waals surface area contributed by atoms with Gasteiger partial charge in [-0.2, -0.15) is 0 Å². The first-order valence-corrected chi connectivity index (χ1v) is 8.27. The number of rotatable bonds is 4. The molecule has 2 aliphatic carbocycles. The summed E-state index contributed by atoms with van der Waals surface area (Å²) in [6, 6.07) is 16.7. The fraction of sp³-hybridized carbons (Fsp3) is 0.190. The number of nitrogens with one attached hydrogen (secondary N) is 1. The van der Waals surface area contributed by atoms with Gasteiger partial charge in [0.05, 0.1) is 0 Å². The molecule has 0 heterocycles. The molecule has 1 amide bonds. The summed E-state index contributed by atoms with van der Waals surface area (Å²) < 4.78 is 5.50. The van der Waals surface area contributed by atoms with Gasteiger partial charge in [0.2, 0.25) is 0 Å². The van der Waals surface area contributed by atoms with Crippen LogP contribution in [0.1, 0.15) is 17.0 Å². The number of ether oxygens (including phenoxy) is 1. The fourth-order valence-corrected chi connectivity index (χ4v) is 3.46. The molecule has 0 aromatic heterocycles. The molecule has 0 bridgehead atoms. The van der Waals surface area contributed by atoms with E-state index in [2.05, 4.69) is 41.7 Å². The third kappa shape index (κ3) is 2.73. The van der Waals surface area contributed by atoms with Crippen LogP contribution in [0.4, 0.5) is 4.79 Å². The molecule has 0 aliphatic heterocycles. The Morgan fingerprint density at radius 2 is 1.50 bits per heavy atom. The number of amides is 1. The smallest absolute Gasteiger partial charge is 0.407 e. The maximum atomic E-state index is 12.0. The zero-order chi connectivity index (χ0) is 16.4. The molecule has 2 aromatic carbocycles. The number of fused-ring (bicyclic) bond motifs is 3. The Labute approximate surface area is 141 Å². The van der Waals surface area contributed by atoms with Crippen LogP contribution < -0.4 is 5.32 Å². The summed E-state index contributed by atoms with van der Waals surface area (Å²) in [6.45, 7) is 0.930. The van der Waals surface area contributed by atoms with Gasteiger partial charge in [0.25, 0.3) is 0 Å². The van der Waals surface area contributed by atoms with Crippen molar-refractivity contribution in [2.24, 2.45) is 5.92 Å². The van der Waals surface area contributed by atoms with Gasteiger partial charge in [0.15, 0.2) is 0 Å². The Morgan fingerprint density at radius 1 is 0.917 bits per heavy atom. The Morgan fingerprint density at radius 3 is 2.12 bits per heavy atom. The van der Waals surface area contributed by atoms with Crippen molar-refractivity contribution in [2.75, 3.05) is 13.2 Å². The van der Waals surface area contributed by atoms with E-state index >= 15 is 0 Å². The Balaban J connectivity index is 1.43. The van der Waals surface area contributed by atoms with Crippen molar-refractivity contribution < 1.29 is 9.53 Å². The molecule has 2 aliphatic rings. The van der Waals surface area contributed by atoms with Crippen molar-refractivity contribution >= 4 is 6.09 Å². The maximum Gasteiger partial charge on any atom is 0.407 e. The van der Waals surface area contributed by atoms with Crippen LogP contribution >= 0.6 is 0 Å². The third-order valence-corrected chi connectivity index (χ3v) is 4.65. The first kappa shape index (κ1) is 14.8. The second-order valence-electron chi connectivity index (χ2n) is 6.14. The van der Waals surface area contributed by atoms with Crippen LogP contribution in [0.15, 0.2) is 72.8 Å². The molecule has 0 fully saturated rings. The number of carbonyl (C=O) groups excluding carboxylic acids is 1. The number of hydrogen-bond donors (Lipinski definition) is 1. The minimum absolute atomic E-state index is 0.106. The lowest BCUT2D eigenvalue weighted by atomic mass is 9.98. The van der Waals surface area contributed by atoms with E-state index in [-0.39, 0.29) is 17.9 Å². The van der Waals surface area contributed by atoms with Crippen LogP contribution in [-0.2, 0) is 4.74 Å². The van der Waals surface area contributed by atoms with E-state index < -0.39 is 0 Å². The van der Waals surface area contributed by atoms with Crippen LogP contribution in [0.25, 0.3) is 11.1 Å². The van der Waals surface area contributed by atoms with Crippen molar-refractivity contribution in [1.29, 1.82) is 0 Å². The van der Waals surface area contributed by atoms with Gasteiger partial charge in [-0.3, -0.25) is 0 Å². The van der Waals surface area contributed by atoms with E-state index in [0.29, 0.717) is 13.2 Å². The summed E-state index contributed by atoms with van der Waals surface area (Å²) in [5.74, 6) is 0.375. The molecule has 1 N–H and O–H groups in total. The van der Waals surface area contributed by atoms with E-state index in [9.17, 15) is 4.79 Å². The minimum Gasteiger partial charge on any atom is -0.449 e. The average molecular weight is 317 g/mol. The largest absolute Gasteiger partial charge is 0.449 e. The fourth-order valence-electron chi connectivity index (χ4n) is 3.46. The van der Waals surface area contributed by atoms with Gasteiger partial charge in [-0.15, -0.1) is 0 Å². The zero-order valence-corrected chi connectivity index (χ0v) is 13.3. The summed E-state index contributed by atoms with van der Waals surface area (Å²) in [5.41, 5.74) is 4.94. The minimum atomic E-state index is -0.356. The van der Waals surface area contributed by atoms with Crippen LogP contribution in [0, 0.1) is 5.92 Å². The van der Waals surface area contributed by atoms with Crippen molar-refractivity contribution in [2.45, 2.75) is 5.92 Å². The van der Waals surface area contributed by atoms with Crippen LogP contribution in [0.5, 0.6) is 0 Å². The van der Waals surface area contributed by atoms with Gasteiger partial charge in [0, 0.05) is 18.4 Å². The van der Waals surface area contributed by atoms with Gasteiger partial charge in [0.1, 0.15) is 6.61 Å². The highest BCUT2D eigenvalue weighted by Crippen LogP contribution is 2.44. The maximum absolute atomic E-state index is 12.0. The summed E-state index contributed by atoms with van der Waals surface area (Å²) in [5, 5.41) is 2.83. The summed E-state index contributed by atoms with van der Waals surface area (Å²) >= 11 is 0. The van der Waals surface area contributed by atoms with E-state index in [4.69, 9.17) is 4.74 Å².